The number of rotatable bonds is 12. The second kappa shape index (κ2) is 15.6. The van der Waals surface area contributed by atoms with Gasteiger partial charge in [-0.2, -0.15) is 0 Å². The van der Waals surface area contributed by atoms with Crippen LogP contribution in [0.1, 0.15) is 53.6 Å². The molecular formula is C35H37N3O5S. The van der Waals surface area contributed by atoms with Gasteiger partial charge in [0.25, 0.3) is 0 Å². The maximum atomic E-state index is 12.6. The van der Waals surface area contributed by atoms with E-state index in [9.17, 15) is 14.7 Å². The fourth-order valence-corrected chi connectivity index (χ4v) is 5.85. The predicted octanol–water partition coefficient (Wildman–Crippen LogP) is 5.91. The van der Waals surface area contributed by atoms with Crippen molar-refractivity contribution in [1.29, 1.82) is 0 Å². The average Bonchev–Trinajstić information content (AvgIpc) is 3.07. The largest absolute Gasteiger partial charge is 0.392 e. The lowest BCUT2D eigenvalue weighted by atomic mass is 10.0. The Bertz CT molecular complexity index is 1490. The number of carbonyl (C=O) groups is 2. The molecule has 44 heavy (non-hydrogen) atoms. The molecule has 228 valence electrons. The Morgan fingerprint density at radius 2 is 1.59 bits per heavy atom. The molecule has 4 atom stereocenters. The van der Waals surface area contributed by atoms with E-state index in [0.29, 0.717) is 19.4 Å². The van der Waals surface area contributed by atoms with Gasteiger partial charge in [-0.25, -0.2) is 9.78 Å². The molecule has 1 fully saturated rings. The predicted molar refractivity (Wildman–Crippen MR) is 170 cm³/mol. The molecular weight excluding hydrogens is 574 g/mol. The lowest BCUT2D eigenvalue weighted by Crippen LogP contribution is -2.46. The Labute approximate surface area is 262 Å². The lowest BCUT2D eigenvalue weighted by molar-refractivity contribution is -0.245. The summed E-state index contributed by atoms with van der Waals surface area (Å²) in [4.78, 5) is 29.2. The van der Waals surface area contributed by atoms with Crippen molar-refractivity contribution >= 4 is 23.6 Å². The number of aliphatic hydroxyl groups excluding tert-OH is 1. The summed E-state index contributed by atoms with van der Waals surface area (Å²) in [6.07, 6.45) is 2.10. The normalized spacial score (nSPS) is 18.7. The van der Waals surface area contributed by atoms with Crippen molar-refractivity contribution < 1.29 is 24.2 Å². The van der Waals surface area contributed by atoms with Crippen LogP contribution in [0.2, 0.25) is 0 Å². The zero-order valence-corrected chi connectivity index (χ0v) is 25.4. The molecule has 2 heterocycles. The molecule has 0 spiro atoms. The first kappa shape index (κ1) is 31.4. The number of carbonyl (C=O) groups excluding carboxylic acids is 2. The molecule has 5 rings (SSSR count). The van der Waals surface area contributed by atoms with Crippen molar-refractivity contribution in [2.24, 2.45) is 0 Å². The van der Waals surface area contributed by atoms with Crippen molar-refractivity contribution in [3.05, 3.63) is 131 Å². The molecule has 4 aromatic rings. The van der Waals surface area contributed by atoms with Crippen LogP contribution in [0.25, 0.3) is 0 Å². The minimum Gasteiger partial charge on any atom is -0.392 e. The zero-order valence-electron chi connectivity index (χ0n) is 24.6. The number of ketones is 1. The molecule has 1 aromatic heterocycles. The summed E-state index contributed by atoms with van der Waals surface area (Å²) < 4.78 is 12.9. The Morgan fingerprint density at radius 1 is 0.886 bits per heavy atom. The van der Waals surface area contributed by atoms with Gasteiger partial charge in [0.1, 0.15) is 0 Å². The zero-order chi connectivity index (χ0) is 30.7. The van der Waals surface area contributed by atoms with E-state index in [1.807, 2.05) is 97.1 Å². The molecule has 0 radical (unpaired) electrons. The average molecular weight is 612 g/mol. The molecule has 1 saturated heterocycles. The van der Waals surface area contributed by atoms with Gasteiger partial charge >= 0.3 is 6.03 Å². The van der Waals surface area contributed by atoms with Gasteiger partial charge in [0.05, 0.1) is 29.9 Å². The molecule has 2 amide bonds. The smallest absolute Gasteiger partial charge is 0.315 e. The number of thioether (sulfide) groups is 1. The Kier molecular flexibility index (Phi) is 11.2. The lowest BCUT2D eigenvalue weighted by Gasteiger charge is -2.36. The number of amides is 2. The standard InChI is InChI=1S/C35H37N3O5S/c1-24(40)31(19-25-7-3-2-4-8-25)38-35(41)37-21-26-10-16-29(17-11-26)34-42-30(23-44-33-9-5-6-18-36-33)20-32(43-34)28-14-12-27(22-39)13-15-28/h2-18,30-32,34,39H,19-23H2,1H3,(H2,37,38,41)/t30-,31+,32+,34?/m0/s1. The molecule has 1 aliphatic heterocycles. The van der Waals surface area contributed by atoms with Crippen LogP contribution in [0, 0.1) is 0 Å². The van der Waals surface area contributed by atoms with Crippen molar-refractivity contribution in [3.63, 3.8) is 0 Å². The first-order valence-corrected chi connectivity index (χ1v) is 15.7. The molecule has 3 N–H and O–H groups in total. The number of hydrogen-bond donors (Lipinski definition) is 3. The highest BCUT2D eigenvalue weighted by molar-refractivity contribution is 7.99. The number of hydrogen-bond acceptors (Lipinski definition) is 7. The van der Waals surface area contributed by atoms with E-state index >= 15 is 0 Å². The van der Waals surface area contributed by atoms with Crippen LogP contribution in [0.5, 0.6) is 0 Å². The number of ether oxygens (including phenoxy) is 2. The van der Waals surface area contributed by atoms with Crippen molar-refractivity contribution in [1.82, 2.24) is 15.6 Å². The van der Waals surface area contributed by atoms with Gasteiger partial charge in [-0.15, -0.1) is 11.8 Å². The Hall–Kier alpha value is -4.02. The summed E-state index contributed by atoms with van der Waals surface area (Å²) >= 11 is 1.65. The quantitative estimate of drug-likeness (QED) is 0.171. The van der Waals surface area contributed by atoms with E-state index in [0.717, 1.165) is 38.6 Å². The van der Waals surface area contributed by atoms with Crippen LogP contribution in [-0.4, -0.2) is 39.8 Å². The number of benzene rings is 3. The molecule has 9 heteroatoms. The van der Waals surface area contributed by atoms with Gasteiger partial charge in [-0.05, 0) is 47.7 Å². The third-order valence-electron chi connectivity index (χ3n) is 7.45. The van der Waals surface area contributed by atoms with E-state index in [4.69, 9.17) is 9.47 Å². The Morgan fingerprint density at radius 3 is 2.27 bits per heavy atom. The molecule has 0 bridgehead atoms. The fraction of sp³-hybridized carbons (Fsp3) is 0.286. The molecule has 0 saturated carbocycles. The summed E-state index contributed by atoms with van der Waals surface area (Å²) in [6, 6.07) is 30.1. The van der Waals surface area contributed by atoms with Crippen LogP contribution < -0.4 is 10.6 Å². The SMILES string of the molecule is CC(=O)[C@@H](Cc1ccccc1)NC(=O)NCc1ccc(C2O[C@H](CSc3ccccn3)C[C@H](c3ccc(CO)cc3)O2)cc1. The number of nitrogens with one attached hydrogen (secondary N) is 2. The van der Waals surface area contributed by atoms with E-state index < -0.39 is 18.4 Å². The first-order valence-electron chi connectivity index (χ1n) is 14.7. The van der Waals surface area contributed by atoms with E-state index in [2.05, 4.69) is 15.6 Å². The summed E-state index contributed by atoms with van der Waals surface area (Å²) in [7, 11) is 0. The highest BCUT2D eigenvalue weighted by Crippen LogP contribution is 2.39. The number of pyridine rings is 1. The number of aromatic nitrogens is 1. The summed E-state index contributed by atoms with van der Waals surface area (Å²) in [5.74, 6) is 0.630. The minimum absolute atomic E-state index is 0.00522. The molecule has 8 nitrogen and oxygen atoms in total. The van der Waals surface area contributed by atoms with Crippen molar-refractivity contribution in [2.75, 3.05) is 5.75 Å². The van der Waals surface area contributed by atoms with Crippen molar-refractivity contribution in [2.45, 2.75) is 62.5 Å². The number of aliphatic hydroxyl groups is 1. The molecule has 3 aromatic carbocycles. The summed E-state index contributed by atoms with van der Waals surface area (Å²) in [6.45, 7) is 1.78. The van der Waals surface area contributed by atoms with E-state index in [-0.39, 0.29) is 24.6 Å². The van der Waals surface area contributed by atoms with Gasteiger partial charge in [-0.1, -0.05) is 84.9 Å². The second-order valence-electron chi connectivity index (χ2n) is 10.8. The van der Waals surface area contributed by atoms with E-state index in [1.165, 1.54) is 6.92 Å². The third kappa shape index (κ3) is 9.00. The van der Waals surface area contributed by atoms with Gasteiger partial charge in [0, 0.05) is 30.5 Å². The minimum atomic E-state index is -0.600. The summed E-state index contributed by atoms with van der Waals surface area (Å²) in [5.41, 5.74) is 4.65. The number of urea groups is 1. The molecule has 1 aliphatic rings. The van der Waals surface area contributed by atoms with Crippen LogP contribution in [0.15, 0.2) is 108 Å². The van der Waals surface area contributed by atoms with Crippen molar-refractivity contribution in [3.8, 4) is 0 Å². The van der Waals surface area contributed by atoms with Crippen LogP contribution in [0.4, 0.5) is 4.79 Å². The monoisotopic (exact) mass is 611 g/mol. The van der Waals surface area contributed by atoms with Crippen LogP contribution >= 0.6 is 11.8 Å². The highest BCUT2D eigenvalue weighted by Gasteiger charge is 2.32. The number of nitrogens with zero attached hydrogens (tertiary/aromatic N) is 1. The van der Waals surface area contributed by atoms with Gasteiger partial charge in [0.2, 0.25) is 0 Å². The maximum absolute atomic E-state index is 12.6. The second-order valence-corrected chi connectivity index (χ2v) is 11.8. The van der Waals surface area contributed by atoms with E-state index in [1.54, 1.807) is 18.0 Å². The van der Waals surface area contributed by atoms with Gasteiger partial charge < -0.3 is 25.2 Å². The molecule has 0 aliphatic carbocycles. The topological polar surface area (TPSA) is 110 Å². The van der Waals surface area contributed by atoms with Gasteiger partial charge in [0.15, 0.2) is 12.1 Å². The van der Waals surface area contributed by atoms with Gasteiger partial charge in [-0.3, -0.25) is 4.79 Å². The number of Topliss-reactive ketones (excluding diaryl/α,β-unsaturated/α-hetero) is 1. The maximum Gasteiger partial charge on any atom is 0.315 e. The first-order chi connectivity index (χ1) is 21.5. The third-order valence-corrected chi connectivity index (χ3v) is 8.53. The molecule has 1 unspecified atom stereocenters. The fourth-order valence-electron chi connectivity index (χ4n) is 4.96. The Balaban J connectivity index is 1.20. The van der Waals surface area contributed by atoms with Crippen LogP contribution in [0.3, 0.4) is 0 Å². The summed E-state index contributed by atoms with van der Waals surface area (Å²) in [5, 5.41) is 16.0. The van der Waals surface area contributed by atoms with Crippen LogP contribution in [-0.2, 0) is 33.8 Å². The highest BCUT2D eigenvalue weighted by atomic mass is 32.2.